The standard InChI is InChI=1S/C66H67BN2OS/c1-61(2)24-25-62(3,4)46-30-39(22-23-45(46)61)68-53-35-49-48(64(7,8)27-28-65(49,9)10)34-51(53)67-59-54(68)33-43-40-20-16-17-21-55(40)70-60(43)58(59)44-31-41-42-32-47-50(66(11,12)29-26-63(47,5)6)36-56(42)71-57(41)37-52(44)69(67)38-18-14-13-15-19-38/h13-23,30-37H,24-29H2,1-12H3. The molecule has 2 aromatic heterocycles. The summed E-state index contributed by atoms with van der Waals surface area (Å²) in [5.41, 5.74) is 22.7. The molecule has 14 rings (SSSR count). The van der Waals surface area contributed by atoms with Gasteiger partial charge in [-0.1, -0.05) is 132 Å². The summed E-state index contributed by atoms with van der Waals surface area (Å²) in [6.45, 7) is 29.5. The first-order valence-electron chi connectivity index (χ1n) is 26.7. The van der Waals surface area contributed by atoms with Crippen molar-refractivity contribution >= 4 is 99.7 Å². The average molecular weight is 947 g/mol. The van der Waals surface area contributed by atoms with Gasteiger partial charge < -0.3 is 14.1 Å². The first-order chi connectivity index (χ1) is 33.6. The van der Waals surface area contributed by atoms with Gasteiger partial charge in [0.15, 0.2) is 0 Å². The van der Waals surface area contributed by atoms with E-state index in [0.29, 0.717) is 0 Å². The monoisotopic (exact) mass is 947 g/mol. The molecule has 0 bridgehead atoms. The average Bonchev–Trinajstić information content (AvgIpc) is 3.89. The third-order valence-electron chi connectivity index (χ3n) is 19.2. The fraction of sp³-hybridized carbons (Fsp3) is 0.364. The summed E-state index contributed by atoms with van der Waals surface area (Å²) in [6.07, 6.45) is 7.07. The van der Waals surface area contributed by atoms with Gasteiger partial charge in [-0.3, -0.25) is 0 Å². The van der Waals surface area contributed by atoms with Gasteiger partial charge in [-0.15, -0.1) is 11.3 Å². The summed E-state index contributed by atoms with van der Waals surface area (Å²) in [4.78, 5) is 5.42. The van der Waals surface area contributed by atoms with Crippen molar-refractivity contribution in [2.45, 2.75) is 154 Å². The van der Waals surface area contributed by atoms with Gasteiger partial charge in [-0.2, -0.15) is 0 Å². The molecule has 3 aliphatic carbocycles. The molecule has 0 atom stereocenters. The molecule has 0 radical (unpaired) electrons. The lowest BCUT2D eigenvalue weighted by molar-refractivity contribution is 0.332. The predicted octanol–water partition coefficient (Wildman–Crippen LogP) is 17.7. The Labute approximate surface area is 425 Å². The number of rotatable bonds is 2. The Morgan fingerprint density at radius 1 is 0.437 bits per heavy atom. The second-order valence-electron chi connectivity index (χ2n) is 26.5. The maximum absolute atomic E-state index is 7.30. The zero-order chi connectivity index (χ0) is 49.1. The Bertz CT molecular complexity index is 3800. The largest absolute Gasteiger partial charge is 0.455 e. The van der Waals surface area contributed by atoms with Gasteiger partial charge in [-0.25, -0.2) is 0 Å². The normalized spacial score (nSPS) is 20.4. The van der Waals surface area contributed by atoms with E-state index < -0.39 is 0 Å². The molecular weight excluding hydrogens is 880 g/mol. The van der Waals surface area contributed by atoms with Crippen molar-refractivity contribution in [2.75, 3.05) is 9.71 Å². The third kappa shape index (κ3) is 6.02. The molecule has 0 unspecified atom stereocenters. The van der Waals surface area contributed by atoms with Crippen LogP contribution in [0.3, 0.4) is 0 Å². The van der Waals surface area contributed by atoms with Crippen LogP contribution in [0.5, 0.6) is 0 Å². The van der Waals surface area contributed by atoms with Crippen LogP contribution in [-0.4, -0.2) is 6.85 Å². The fourth-order valence-electron chi connectivity index (χ4n) is 14.5. The number of nitrogens with zero attached hydrogens (tertiary/aromatic N) is 2. The van der Waals surface area contributed by atoms with Crippen molar-refractivity contribution in [3.8, 4) is 11.1 Å². The van der Waals surface area contributed by atoms with Gasteiger partial charge in [0.1, 0.15) is 11.2 Å². The van der Waals surface area contributed by atoms with E-state index in [1.165, 1.54) is 135 Å². The van der Waals surface area contributed by atoms with Crippen molar-refractivity contribution in [1.82, 2.24) is 0 Å². The molecule has 0 spiro atoms. The highest BCUT2D eigenvalue weighted by Gasteiger charge is 2.50. The minimum absolute atomic E-state index is 0.0215. The van der Waals surface area contributed by atoms with Gasteiger partial charge >= 0.3 is 6.85 Å². The maximum Gasteiger partial charge on any atom is 0.333 e. The zero-order valence-corrected chi connectivity index (χ0v) is 44.8. The summed E-state index contributed by atoms with van der Waals surface area (Å²) < 4.78 is 10.0. The van der Waals surface area contributed by atoms with Crippen molar-refractivity contribution in [3.63, 3.8) is 0 Å². The van der Waals surface area contributed by atoms with Crippen LogP contribution in [0.15, 0.2) is 120 Å². The molecule has 0 amide bonds. The molecule has 0 N–H and O–H groups in total. The van der Waals surface area contributed by atoms with Gasteiger partial charge in [0, 0.05) is 70.5 Å². The Morgan fingerprint density at radius 3 is 1.66 bits per heavy atom. The van der Waals surface area contributed by atoms with E-state index in [1.807, 2.05) is 11.3 Å². The molecule has 356 valence electrons. The summed E-state index contributed by atoms with van der Waals surface area (Å²) in [5.74, 6) is 0. The lowest BCUT2D eigenvalue weighted by Crippen LogP contribution is -2.62. The van der Waals surface area contributed by atoms with Crippen LogP contribution in [0.2, 0.25) is 0 Å². The van der Waals surface area contributed by atoms with Crippen molar-refractivity contribution in [3.05, 3.63) is 149 Å². The molecule has 5 heteroatoms. The molecule has 4 heterocycles. The number of benzene rings is 7. The second-order valence-corrected chi connectivity index (χ2v) is 27.5. The number of thiophene rings is 1. The molecule has 0 saturated heterocycles. The molecule has 0 saturated carbocycles. The van der Waals surface area contributed by atoms with E-state index in [-0.39, 0.29) is 39.3 Å². The first-order valence-corrected chi connectivity index (χ1v) is 27.5. The van der Waals surface area contributed by atoms with E-state index in [2.05, 4.69) is 208 Å². The Hall–Kier alpha value is -5.78. The van der Waals surface area contributed by atoms with E-state index in [9.17, 15) is 0 Å². The number of furan rings is 1. The van der Waals surface area contributed by atoms with Crippen molar-refractivity contribution < 1.29 is 4.42 Å². The zero-order valence-electron chi connectivity index (χ0n) is 44.0. The van der Waals surface area contributed by atoms with Crippen LogP contribution in [0, 0.1) is 0 Å². The third-order valence-corrected chi connectivity index (χ3v) is 20.3. The SMILES string of the molecule is CC1(C)CCC(C)(C)c2cc(N3c4cc5c(cc4B4c6c3cc3c(oc7ccccc73)c6-c3cc6c(cc3N4c3ccccc3)sc3cc4c(cc36)C(C)(C)CCC4(C)C)C(C)(C)CCC5(C)C)ccc21. The van der Waals surface area contributed by atoms with Crippen LogP contribution >= 0.6 is 11.3 Å². The van der Waals surface area contributed by atoms with Crippen LogP contribution < -0.4 is 20.6 Å². The van der Waals surface area contributed by atoms with Gasteiger partial charge in [0.05, 0.1) is 0 Å². The Morgan fingerprint density at radius 2 is 0.986 bits per heavy atom. The lowest BCUT2D eigenvalue weighted by atomic mass is 9.42. The summed E-state index contributed by atoms with van der Waals surface area (Å²) >= 11 is 1.97. The smallest absolute Gasteiger partial charge is 0.333 e. The highest BCUT2D eigenvalue weighted by atomic mass is 32.1. The second kappa shape index (κ2) is 14.0. The molecule has 5 aliphatic rings. The molecule has 2 aliphatic heterocycles. The van der Waals surface area contributed by atoms with Gasteiger partial charge in [0.25, 0.3) is 0 Å². The number of anilines is 5. The minimum Gasteiger partial charge on any atom is -0.455 e. The van der Waals surface area contributed by atoms with Crippen LogP contribution in [0.25, 0.3) is 53.2 Å². The number of para-hydroxylation sites is 2. The van der Waals surface area contributed by atoms with Gasteiger partial charge in [0.2, 0.25) is 0 Å². The maximum atomic E-state index is 7.30. The summed E-state index contributed by atoms with van der Waals surface area (Å²) in [5, 5.41) is 5.05. The number of hydrogen-bond donors (Lipinski definition) is 0. The topological polar surface area (TPSA) is 19.6 Å². The lowest BCUT2D eigenvalue weighted by Gasteiger charge is -2.48. The van der Waals surface area contributed by atoms with E-state index in [0.717, 1.165) is 29.4 Å². The molecule has 3 nitrogen and oxygen atoms in total. The van der Waals surface area contributed by atoms with Crippen LogP contribution in [-0.2, 0) is 32.5 Å². The summed E-state index contributed by atoms with van der Waals surface area (Å²) in [6, 6.07) is 45.7. The molecule has 7 aromatic carbocycles. The molecule has 0 fully saturated rings. The predicted molar refractivity (Wildman–Crippen MR) is 306 cm³/mol. The highest BCUT2D eigenvalue weighted by Crippen LogP contribution is 2.57. The first kappa shape index (κ1) is 44.0. The fourth-order valence-corrected chi connectivity index (χ4v) is 15.6. The Balaban J connectivity index is 1.15. The van der Waals surface area contributed by atoms with Crippen molar-refractivity contribution in [1.29, 1.82) is 0 Å². The van der Waals surface area contributed by atoms with Crippen molar-refractivity contribution in [2.24, 2.45) is 0 Å². The molecule has 9 aromatic rings. The van der Waals surface area contributed by atoms with E-state index in [1.54, 1.807) is 0 Å². The number of fused-ring (bicyclic) bond motifs is 14. The Kier molecular flexibility index (Phi) is 8.69. The van der Waals surface area contributed by atoms with Crippen LogP contribution in [0.1, 0.15) is 155 Å². The highest BCUT2D eigenvalue weighted by molar-refractivity contribution is 7.26. The van der Waals surface area contributed by atoms with E-state index >= 15 is 0 Å². The van der Waals surface area contributed by atoms with Gasteiger partial charge in [-0.05, 0) is 182 Å². The van der Waals surface area contributed by atoms with Crippen LogP contribution in [0.4, 0.5) is 28.4 Å². The summed E-state index contributed by atoms with van der Waals surface area (Å²) in [7, 11) is 0. The van der Waals surface area contributed by atoms with E-state index in [4.69, 9.17) is 4.42 Å². The minimum atomic E-state index is -0.126. The molecule has 71 heavy (non-hydrogen) atoms. The quantitative estimate of drug-likeness (QED) is 0.161. The number of hydrogen-bond acceptors (Lipinski definition) is 4. The molecular formula is C66H67BN2OS.